The van der Waals surface area contributed by atoms with Crippen molar-refractivity contribution in [3.8, 4) is 0 Å². The van der Waals surface area contributed by atoms with Gasteiger partial charge >= 0.3 is 0 Å². The number of halogens is 1. The molecule has 112 valence electrons. The van der Waals surface area contributed by atoms with Crippen molar-refractivity contribution < 1.29 is 4.39 Å². The van der Waals surface area contributed by atoms with Gasteiger partial charge in [0, 0.05) is 50.0 Å². The molecule has 0 bridgehead atoms. The molecule has 0 saturated carbocycles. The smallest absolute Gasteiger partial charge is 0.170 e. The quantitative estimate of drug-likeness (QED) is 0.912. The number of aromatic nitrogens is 1. The predicted octanol–water partition coefficient (Wildman–Crippen LogP) is 1.86. The Bertz CT molecular complexity index is 449. The number of pyridine rings is 1. The summed E-state index contributed by atoms with van der Waals surface area (Å²) in [5.41, 5.74) is 0.690. The summed E-state index contributed by atoms with van der Waals surface area (Å²) >= 11 is 0. The normalized spacial score (nSPS) is 20.7. The highest BCUT2D eigenvalue weighted by Crippen LogP contribution is 2.23. The third kappa shape index (κ3) is 3.46. The van der Waals surface area contributed by atoms with Crippen LogP contribution in [0.3, 0.4) is 0 Å². The molecule has 4 nitrogen and oxygen atoms in total. The second kappa shape index (κ2) is 6.50. The zero-order chi connectivity index (χ0) is 14.7. The zero-order valence-corrected chi connectivity index (χ0v) is 12.9. The van der Waals surface area contributed by atoms with Crippen LogP contribution in [0.1, 0.15) is 26.3 Å². The molecule has 0 aliphatic carbocycles. The van der Waals surface area contributed by atoms with E-state index in [-0.39, 0.29) is 11.9 Å². The average molecular weight is 280 g/mol. The number of nitrogens with zero attached hydrogens (tertiary/aromatic N) is 3. The number of anilines is 1. The number of rotatable bonds is 4. The van der Waals surface area contributed by atoms with Crippen LogP contribution in [-0.2, 0) is 6.54 Å². The van der Waals surface area contributed by atoms with E-state index in [0.29, 0.717) is 24.0 Å². The van der Waals surface area contributed by atoms with Gasteiger partial charge in [0.25, 0.3) is 0 Å². The van der Waals surface area contributed by atoms with E-state index < -0.39 is 0 Å². The summed E-state index contributed by atoms with van der Waals surface area (Å²) in [4.78, 5) is 8.61. The lowest BCUT2D eigenvalue weighted by atomic mass is 10.1. The van der Waals surface area contributed by atoms with E-state index in [2.05, 4.69) is 47.9 Å². The van der Waals surface area contributed by atoms with Crippen molar-refractivity contribution in [3.63, 3.8) is 0 Å². The molecule has 1 N–H and O–H groups in total. The first-order valence-corrected chi connectivity index (χ1v) is 7.31. The molecule has 1 aromatic rings. The second-order valence-corrected chi connectivity index (χ2v) is 5.95. The summed E-state index contributed by atoms with van der Waals surface area (Å²) in [6.07, 6.45) is 1.71. The maximum Gasteiger partial charge on any atom is 0.170 e. The van der Waals surface area contributed by atoms with E-state index in [0.717, 1.165) is 19.6 Å². The highest BCUT2D eigenvalue weighted by Gasteiger charge is 2.25. The lowest BCUT2D eigenvalue weighted by Gasteiger charge is -2.39. The summed E-state index contributed by atoms with van der Waals surface area (Å²) in [5, 5.41) is 3.26. The lowest BCUT2D eigenvalue weighted by molar-refractivity contribution is 0.273. The van der Waals surface area contributed by atoms with Crippen LogP contribution in [0.4, 0.5) is 10.2 Å². The Labute approximate surface area is 121 Å². The van der Waals surface area contributed by atoms with Crippen LogP contribution in [0.15, 0.2) is 12.3 Å². The van der Waals surface area contributed by atoms with Crippen molar-refractivity contribution in [2.75, 3.05) is 31.6 Å². The largest absolute Gasteiger partial charge is 0.349 e. The Kier molecular flexibility index (Phi) is 4.94. The van der Waals surface area contributed by atoms with Crippen molar-refractivity contribution in [2.24, 2.45) is 0 Å². The first-order chi connectivity index (χ1) is 9.49. The molecular formula is C15H25FN4. The molecule has 20 heavy (non-hydrogen) atoms. The molecule has 2 heterocycles. The highest BCUT2D eigenvalue weighted by atomic mass is 19.1. The summed E-state index contributed by atoms with van der Waals surface area (Å²) in [5.74, 6) is 0.311. The predicted molar refractivity (Wildman–Crippen MR) is 80.5 cm³/mol. The fraction of sp³-hybridized carbons (Fsp3) is 0.667. The van der Waals surface area contributed by atoms with Gasteiger partial charge in [0.15, 0.2) is 11.6 Å². The maximum atomic E-state index is 14.6. The molecule has 1 atom stereocenters. The minimum atomic E-state index is -0.183. The van der Waals surface area contributed by atoms with Crippen LogP contribution < -0.4 is 10.2 Å². The van der Waals surface area contributed by atoms with Crippen LogP contribution in [-0.4, -0.2) is 48.6 Å². The monoisotopic (exact) mass is 280 g/mol. The second-order valence-electron chi connectivity index (χ2n) is 5.95. The third-order valence-corrected chi connectivity index (χ3v) is 3.75. The number of likely N-dealkylation sites (N-methyl/N-ethyl adjacent to an activating group) is 1. The van der Waals surface area contributed by atoms with Crippen LogP contribution in [0.25, 0.3) is 0 Å². The van der Waals surface area contributed by atoms with Gasteiger partial charge in [-0.1, -0.05) is 13.8 Å². The number of nitrogens with one attached hydrogen (secondary N) is 1. The van der Waals surface area contributed by atoms with Gasteiger partial charge in [-0.15, -0.1) is 0 Å². The Balaban J connectivity index is 2.17. The van der Waals surface area contributed by atoms with Crippen molar-refractivity contribution in [1.29, 1.82) is 0 Å². The molecule has 1 unspecified atom stereocenters. The van der Waals surface area contributed by atoms with E-state index >= 15 is 0 Å². The van der Waals surface area contributed by atoms with E-state index in [1.807, 2.05) is 0 Å². The van der Waals surface area contributed by atoms with Gasteiger partial charge in [0.2, 0.25) is 0 Å². The molecule has 2 rings (SSSR count). The molecule has 1 fully saturated rings. The average Bonchev–Trinajstić information content (AvgIpc) is 2.38. The fourth-order valence-corrected chi connectivity index (χ4v) is 2.58. The number of piperazine rings is 1. The van der Waals surface area contributed by atoms with Gasteiger partial charge in [0.1, 0.15) is 0 Å². The van der Waals surface area contributed by atoms with Crippen molar-refractivity contribution in [2.45, 2.75) is 39.4 Å². The Morgan fingerprint density at radius 3 is 2.85 bits per heavy atom. The SMILES string of the molecule is CC(C)NCc1ccnc(N2CCN(C)CC2C)c1F. The van der Waals surface area contributed by atoms with E-state index in [1.165, 1.54) is 0 Å². The first-order valence-electron chi connectivity index (χ1n) is 7.31. The zero-order valence-electron chi connectivity index (χ0n) is 12.9. The van der Waals surface area contributed by atoms with Crippen molar-refractivity contribution >= 4 is 5.82 Å². The molecule has 1 aromatic heterocycles. The van der Waals surface area contributed by atoms with Crippen LogP contribution >= 0.6 is 0 Å². The molecule has 1 aliphatic heterocycles. The molecule has 0 radical (unpaired) electrons. The molecule has 1 aliphatic rings. The summed E-state index contributed by atoms with van der Waals surface area (Å²) < 4.78 is 14.6. The highest BCUT2D eigenvalue weighted by molar-refractivity contribution is 5.44. The van der Waals surface area contributed by atoms with E-state index in [4.69, 9.17) is 0 Å². The molecule has 5 heteroatoms. The maximum absolute atomic E-state index is 14.6. The van der Waals surface area contributed by atoms with Gasteiger partial charge in [-0.25, -0.2) is 9.37 Å². The first kappa shape index (κ1) is 15.2. The van der Waals surface area contributed by atoms with Gasteiger partial charge in [-0.05, 0) is 20.0 Å². The standard InChI is InChI=1S/C15H25FN4/c1-11(2)18-9-13-5-6-17-15(14(13)16)20-8-7-19(4)10-12(20)3/h5-6,11-12,18H,7-10H2,1-4H3. The van der Waals surface area contributed by atoms with Crippen LogP contribution in [0.5, 0.6) is 0 Å². The fourth-order valence-electron chi connectivity index (χ4n) is 2.58. The molecule has 0 spiro atoms. The third-order valence-electron chi connectivity index (χ3n) is 3.75. The van der Waals surface area contributed by atoms with E-state index in [9.17, 15) is 4.39 Å². The van der Waals surface area contributed by atoms with Gasteiger partial charge < -0.3 is 15.1 Å². The molecule has 0 amide bonds. The van der Waals surface area contributed by atoms with Gasteiger partial charge in [-0.2, -0.15) is 0 Å². The Hall–Kier alpha value is -1.20. The van der Waals surface area contributed by atoms with Crippen LogP contribution in [0.2, 0.25) is 0 Å². The molecule has 0 aromatic carbocycles. The lowest BCUT2D eigenvalue weighted by Crippen LogP contribution is -2.51. The van der Waals surface area contributed by atoms with Crippen molar-refractivity contribution in [1.82, 2.24) is 15.2 Å². The Morgan fingerprint density at radius 1 is 1.45 bits per heavy atom. The van der Waals surface area contributed by atoms with Crippen LogP contribution in [0, 0.1) is 5.82 Å². The summed E-state index contributed by atoms with van der Waals surface area (Å²) in [7, 11) is 2.10. The minimum Gasteiger partial charge on any atom is -0.349 e. The molecule has 1 saturated heterocycles. The summed E-state index contributed by atoms with van der Waals surface area (Å²) in [6, 6.07) is 2.38. The number of hydrogen-bond donors (Lipinski definition) is 1. The van der Waals surface area contributed by atoms with E-state index in [1.54, 1.807) is 12.3 Å². The number of hydrogen-bond acceptors (Lipinski definition) is 4. The van der Waals surface area contributed by atoms with Gasteiger partial charge in [-0.3, -0.25) is 0 Å². The Morgan fingerprint density at radius 2 is 2.20 bits per heavy atom. The minimum absolute atomic E-state index is 0.183. The topological polar surface area (TPSA) is 31.4 Å². The van der Waals surface area contributed by atoms with Gasteiger partial charge in [0.05, 0.1) is 0 Å². The summed E-state index contributed by atoms with van der Waals surface area (Å²) in [6.45, 7) is 9.49. The molecular weight excluding hydrogens is 255 g/mol. The van der Waals surface area contributed by atoms with Crippen molar-refractivity contribution in [3.05, 3.63) is 23.6 Å².